The van der Waals surface area contributed by atoms with E-state index in [1.807, 2.05) is 36.4 Å². The summed E-state index contributed by atoms with van der Waals surface area (Å²) in [5.41, 5.74) is 1.62. The highest BCUT2D eigenvalue weighted by molar-refractivity contribution is 9.10. The van der Waals surface area contributed by atoms with E-state index in [-0.39, 0.29) is 5.91 Å². The van der Waals surface area contributed by atoms with E-state index in [1.165, 1.54) is 0 Å². The van der Waals surface area contributed by atoms with Crippen LogP contribution >= 0.6 is 15.9 Å². The summed E-state index contributed by atoms with van der Waals surface area (Å²) in [7, 11) is 0. The second-order valence-corrected chi connectivity index (χ2v) is 6.09. The Hall–Kier alpha value is -2.60. The number of pyridine rings is 1. The standard InChI is InChI=1S/C18H16BrN3O2/c19-15-6-7-17(21-11-15)20-10-13-3-1-4-14(9-13)18(23)22-12-16-5-2-8-24-16/h1-9,11H,10,12H2,(H,20,21)(H,22,23). The van der Waals surface area contributed by atoms with Crippen LogP contribution < -0.4 is 10.6 Å². The number of nitrogens with zero attached hydrogens (tertiary/aromatic N) is 1. The monoisotopic (exact) mass is 385 g/mol. The second kappa shape index (κ2) is 7.79. The number of furan rings is 1. The molecule has 0 aliphatic heterocycles. The summed E-state index contributed by atoms with van der Waals surface area (Å²) < 4.78 is 6.14. The van der Waals surface area contributed by atoms with Crippen LogP contribution in [0.3, 0.4) is 0 Å². The van der Waals surface area contributed by atoms with Gasteiger partial charge in [-0.2, -0.15) is 0 Å². The van der Waals surface area contributed by atoms with Gasteiger partial charge in [-0.05, 0) is 57.9 Å². The molecule has 6 heteroatoms. The molecule has 0 saturated heterocycles. The van der Waals surface area contributed by atoms with Gasteiger partial charge in [-0.25, -0.2) is 4.98 Å². The molecule has 0 saturated carbocycles. The SMILES string of the molecule is O=C(NCc1ccco1)c1cccc(CNc2ccc(Br)cn2)c1. The van der Waals surface area contributed by atoms with E-state index in [0.717, 1.165) is 21.6 Å². The van der Waals surface area contributed by atoms with Gasteiger partial charge in [0, 0.05) is 22.8 Å². The molecule has 1 amide bonds. The average molecular weight is 386 g/mol. The first kappa shape index (κ1) is 16.3. The minimum atomic E-state index is -0.130. The molecular formula is C18H16BrN3O2. The van der Waals surface area contributed by atoms with E-state index in [4.69, 9.17) is 4.42 Å². The van der Waals surface area contributed by atoms with E-state index >= 15 is 0 Å². The van der Waals surface area contributed by atoms with Crippen molar-refractivity contribution in [2.75, 3.05) is 5.32 Å². The van der Waals surface area contributed by atoms with Crippen LogP contribution in [0.5, 0.6) is 0 Å². The van der Waals surface area contributed by atoms with E-state index in [0.29, 0.717) is 18.7 Å². The number of carbonyl (C=O) groups is 1. The molecule has 2 heterocycles. The molecule has 0 aliphatic rings. The number of rotatable bonds is 6. The Morgan fingerprint density at radius 2 is 2.04 bits per heavy atom. The molecule has 0 bridgehead atoms. The summed E-state index contributed by atoms with van der Waals surface area (Å²) >= 11 is 3.35. The van der Waals surface area contributed by atoms with Crippen molar-refractivity contribution in [2.45, 2.75) is 13.1 Å². The van der Waals surface area contributed by atoms with Crippen molar-refractivity contribution >= 4 is 27.7 Å². The van der Waals surface area contributed by atoms with Crippen LogP contribution in [0.25, 0.3) is 0 Å². The summed E-state index contributed by atoms with van der Waals surface area (Å²) in [6.45, 7) is 0.963. The first-order valence-electron chi connectivity index (χ1n) is 7.46. The quantitative estimate of drug-likeness (QED) is 0.673. The topological polar surface area (TPSA) is 67.2 Å². The zero-order chi connectivity index (χ0) is 16.8. The third-order valence-electron chi connectivity index (χ3n) is 3.39. The summed E-state index contributed by atoms with van der Waals surface area (Å²) in [5.74, 6) is 1.38. The molecule has 2 aromatic heterocycles. The van der Waals surface area contributed by atoms with Gasteiger partial charge in [-0.15, -0.1) is 0 Å². The lowest BCUT2D eigenvalue weighted by Crippen LogP contribution is -2.22. The smallest absolute Gasteiger partial charge is 0.251 e. The number of nitrogens with one attached hydrogen (secondary N) is 2. The van der Waals surface area contributed by atoms with Gasteiger partial charge < -0.3 is 15.1 Å². The molecule has 0 atom stereocenters. The van der Waals surface area contributed by atoms with Crippen LogP contribution in [0, 0.1) is 0 Å². The van der Waals surface area contributed by atoms with Crippen LogP contribution in [0.2, 0.25) is 0 Å². The van der Waals surface area contributed by atoms with Crippen LogP contribution in [0.1, 0.15) is 21.7 Å². The van der Waals surface area contributed by atoms with Gasteiger partial charge in [0.2, 0.25) is 0 Å². The van der Waals surface area contributed by atoms with E-state index in [2.05, 4.69) is 31.5 Å². The molecule has 5 nitrogen and oxygen atoms in total. The lowest BCUT2D eigenvalue weighted by Gasteiger charge is -2.08. The van der Waals surface area contributed by atoms with Gasteiger partial charge in [0.25, 0.3) is 5.91 Å². The lowest BCUT2D eigenvalue weighted by molar-refractivity contribution is 0.0948. The average Bonchev–Trinajstić information content (AvgIpc) is 3.13. The zero-order valence-electron chi connectivity index (χ0n) is 12.8. The molecule has 0 spiro atoms. The summed E-state index contributed by atoms with van der Waals surface area (Å²) in [6.07, 6.45) is 3.32. The molecule has 3 aromatic rings. The molecule has 0 radical (unpaired) electrons. The van der Waals surface area contributed by atoms with Gasteiger partial charge >= 0.3 is 0 Å². The summed E-state index contributed by atoms with van der Waals surface area (Å²) in [5, 5.41) is 6.07. The maximum absolute atomic E-state index is 12.2. The number of carbonyl (C=O) groups excluding carboxylic acids is 1. The fourth-order valence-electron chi connectivity index (χ4n) is 2.18. The first-order chi connectivity index (χ1) is 11.7. The van der Waals surface area contributed by atoms with Crippen molar-refractivity contribution in [1.82, 2.24) is 10.3 Å². The Morgan fingerprint density at radius 3 is 2.79 bits per heavy atom. The van der Waals surface area contributed by atoms with Crippen LogP contribution in [-0.2, 0) is 13.1 Å². The Bertz CT molecular complexity index is 801. The van der Waals surface area contributed by atoms with Crippen LogP contribution in [0.4, 0.5) is 5.82 Å². The summed E-state index contributed by atoms with van der Waals surface area (Å²) in [4.78, 5) is 16.5. The number of hydrogen-bond donors (Lipinski definition) is 2. The third-order valence-corrected chi connectivity index (χ3v) is 3.86. The molecule has 2 N–H and O–H groups in total. The predicted octanol–water partition coefficient (Wildman–Crippen LogP) is 3.98. The fourth-order valence-corrected chi connectivity index (χ4v) is 2.41. The van der Waals surface area contributed by atoms with E-state index in [9.17, 15) is 4.79 Å². The number of anilines is 1. The van der Waals surface area contributed by atoms with Crippen molar-refractivity contribution in [3.8, 4) is 0 Å². The minimum Gasteiger partial charge on any atom is -0.467 e. The molecular weight excluding hydrogens is 370 g/mol. The van der Waals surface area contributed by atoms with Gasteiger partial charge in [-0.1, -0.05) is 12.1 Å². The van der Waals surface area contributed by atoms with Crippen molar-refractivity contribution in [3.63, 3.8) is 0 Å². The predicted molar refractivity (Wildman–Crippen MR) is 95.6 cm³/mol. The highest BCUT2D eigenvalue weighted by Gasteiger charge is 2.07. The van der Waals surface area contributed by atoms with E-state index < -0.39 is 0 Å². The van der Waals surface area contributed by atoms with Gasteiger partial charge in [-0.3, -0.25) is 4.79 Å². The van der Waals surface area contributed by atoms with Crippen molar-refractivity contribution in [3.05, 3.63) is 82.4 Å². The molecule has 0 fully saturated rings. The Labute approximate surface area is 148 Å². The molecule has 122 valence electrons. The highest BCUT2D eigenvalue weighted by atomic mass is 79.9. The van der Waals surface area contributed by atoms with Crippen LogP contribution in [-0.4, -0.2) is 10.9 Å². The molecule has 0 unspecified atom stereocenters. The number of benzene rings is 1. The summed E-state index contributed by atoms with van der Waals surface area (Å²) in [6, 6.07) is 14.9. The normalized spacial score (nSPS) is 10.4. The second-order valence-electron chi connectivity index (χ2n) is 5.18. The fraction of sp³-hybridized carbons (Fsp3) is 0.111. The number of amides is 1. The molecule has 0 aliphatic carbocycles. The number of aromatic nitrogens is 1. The zero-order valence-corrected chi connectivity index (χ0v) is 14.4. The minimum absolute atomic E-state index is 0.130. The third kappa shape index (κ3) is 4.45. The van der Waals surface area contributed by atoms with Crippen molar-refractivity contribution in [1.29, 1.82) is 0 Å². The Balaban J connectivity index is 1.58. The molecule has 1 aromatic carbocycles. The first-order valence-corrected chi connectivity index (χ1v) is 8.25. The van der Waals surface area contributed by atoms with Gasteiger partial charge in [0.1, 0.15) is 11.6 Å². The number of halogens is 1. The largest absolute Gasteiger partial charge is 0.467 e. The lowest BCUT2D eigenvalue weighted by atomic mass is 10.1. The molecule has 24 heavy (non-hydrogen) atoms. The maximum Gasteiger partial charge on any atom is 0.251 e. The molecule has 3 rings (SSSR count). The van der Waals surface area contributed by atoms with Crippen LogP contribution in [0.15, 0.2) is 69.9 Å². The Kier molecular flexibility index (Phi) is 5.28. The number of hydrogen-bond acceptors (Lipinski definition) is 4. The Morgan fingerprint density at radius 1 is 1.12 bits per heavy atom. The van der Waals surface area contributed by atoms with Gasteiger partial charge in [0.15, 0.2) is 0 Å². The highest BCUT2D eigenvalue weighted by Crippen LogP contribution is 2.12. The van der Waals surface area contributed by atoms with Crippen molar-refractivity contribution in [2.24, 2.45) is 0 Å². The van der Waals surface area contributed by atoms with E-state index in [1.54, 1.807) is 24.6 Å². The van der Waals surface area contributed by atoms with Gasteiger partial charge in [0.05, 0.1) is 12.8 Å². The van der Waals surface area contributed by atoms with Crippen molar-refractivity contribution < 1.29 is 9.21 Å². The maximum atomic E-state index is 12.2.